The van der Waals surface area contributed by atoms with Gasteiger partial charge in [-0.25, -0.2) is 0 Å². The molecule has 1 aromatic heterocycles. The molecule has 0 saturated heterocycles. The molecule has 2 aromatic rings. The maximum absolute atomic E-state index is 11.1. The molecule has 0 spiro atoms. The molecule has 0 aliphatic rings. The summed E-state index contributed by atoms with van der Waals surface area (Å²) >= 11 is 0. The number of hydrogen-bond donors (Lipinski definition) is 1. The Morgan fingerprint density at radius 3 is 2.83 bits per heavy atom. The van der Waals surface area contributed by atoms with Crippen LogP contribution in [0.5, 0.6) is 0 Å². The van der Waals surface area contributed by atoms with Gasteiger partial charge in [0.2, 0.25) is 0 Å². The normalized spacial score (nSPS) is 13.1. The van der Waals surface area contributed by atoms with Crippen LogP contribution < -0.4 is 0 Å². The lowest BCUT2D eigenvalue weighted by molar-refractivity contribution is -0.143. The van der Waals surface area contributed by atoms with Gasteiger partial charge in [-0.15, -0.1) is 0 Å². The molecule has 0 radical (unpaired) electrons. The van der Waals surface area contributed by atoms with Gasteiger partial charge in [-0.3, -0.25) is 9.69 Å². The molecule has 0 fully saturated rings. The van der Waals surface area contributed by atoms with Crippen molar-refractivity contribution >= 4 is 16.9 Å². The number of para-hydroxylation sites is 1. The molecule has 0 aliphatic heterocycles. The van der Waals surface area contributed by atoms with Gasteiger partial charge in [0.25, 0.3) is 0 Å². The van der Waals surface area contributed by atoms with Gasteiger partial charge in [-0.1, -0.05) is 25.1 Å². The lowest BCUT2D eigenvalue weighted by Crippen LogP contribution is -2.37. The highest BCUT2D eigenvalue weighted by Gasteiger charge is 2.21. The Balaban J connectivity index is 2.21. The van der Waals surface area contributed by atoms with Crippen LogP contribution in [0.3, 0.4) is 0 Å². The Morgan fingerprint density at radius 1 is 1.44 bits per heavy atom. The van der Waals surface area contributed by atoms with Crippen LogP contribution in [0.15, 0.2) is 34.9 Å². The number of aliphatic carboxylic acids is 1. The SMILES string of the molecule is CCC(C(=O)O)N(C)Cc1coc2ccccc12. The van der Waals surface area contributed by atoms with Crippen LogP contribution in [-0.2, 0) is 11.3 Å². The van der Waals surface area contributed by atoms with Crippen LogP contribution in [0, 0.1) is 0 Å². The molecule has 1 aromatic carbocycles. The van der Waals surface area contributed by atoms with Crippen molar-refractivity contribution in [2.24, 2.45) is 0 Å². The van der Waals surface area contributed by atoms with Crippen molar-refractivity contribution in [2.45, 2.75) is 25.9 Å². The topological polar surface area (TPSA) is 53.7 Å². The van der Waals surface area contributed by atoms with Crippen molar-refractivity contribution in [2.75, 3.05) is 7.05 Å². The van der Waals surface area contributed by atoms with Gasteiger partial charge in [0.1, 0.15) is 11.6 Å². The molecular weight excluding hydrogens is 230 g/mol. The summed E-state index contributed by atoms with van der Waals surface area (Å²) in [6.07, 6.45) is 2.29. The van der Waals surface area contributed by atoms with Crippen LogP contribution in [-0.4, -0.2) is 29.1 Å². The number of fused-ring (bicyclic) bond motifs is 1. The minimum Gasteiger partial charge on any atom is -0.480 e. The number of benzene rings is 1. The van der Waals surface area contributed by atoms with Crippen molar-refractivity contribution < 1.29 is 14.3 Å². The maximum atomic E-state index is 11.1. The van der Waals surface area contributed by atoms with E-state index in [1.807, 2.05) is 43.1 Å². The fourth-order valence-corrected chi connectivity index (χ4v) is 2.21. The third kappa shape index (κ3) is 2.38. The first-order valence-corrected chi connectivity index (χ1v) is 6.01. The lowest BCUT2D eigenvalue weighted by atomic mass is 10.1. The zero-order valence-corrected chi connectivity index (χ0v) is 10.6. The highest BCUT2D eigenvalue weighted by molar-refractivity contribution is 5.81. The molecule has 18 heavy (non-hydrogen) atoms. The van der Waals surface area contributed by atoms with Crippen molar-refractivity contribution in [3.8, 4) is 0 Å². The number of furan rings is 1. The molecule has 96 valence electrons. The molecule has 0 amide bonds. The van der Waals surface area contributed by atoms with E-state index in [-0.39, 0.29) is 0 Å². The molecule has 1 N–H and O–H groups in total. The van der Waals surface area contributed by atoms with Crippen LogP contribution >= 0.6 is 0 Å². The summed E-state index contributed by atoms with van der Waals surface area (Å²) < 4.78 is 5.45. The van der Waals surface area contributed by atoms with E-state index in [1.165, 1.54) is 0 Å². The lowest BCUT2D eigenvalue weighted by Gasteiger charge is -2.22. The largest absolute Gasteiger partial charge is 0.480 e. The second-order valence-electron chi connectivity index (χ2n) is 4.43. The zero-order valence-electron chi connectivity index (χ0n) is 10.6. The highest BCUT2D eigenvalue weighted by atomic mass is 16.4. The predicted molar refractivity (Wildman–Crippen MR) is 69.4 cm³/mol. The summed E-state index contributed by atoms with van der Waals surface area (Å²) in [7, 11) is 1.82. The Bertz CT molecular complexity index is 547. The number of hydrogen-bond acceptors (Lipinski definition) is 3. The van der Waals surface area contributed by atoms with Gasteiger partial charge < -0.3 is 9.52 Å². The first-order chi connectivity index (χ1) is 8.63. The fourth-order valence-electron chi connectivity index (χ4n) is 2.21. The molecule has 4 nitrogen and oxygen atoms in total. The Kier molecular flexibility index (Phi) is 3.67. The maximum Gasteiger partial charge on any atom is 0.320 e. The molecule has 0 bridgehead atoms. The van der Waals surface area contributed by atoms with Crippen molar-refractivity contribution in [3.05, 3.63) is 36.1 Å². The molecule has 4 heteroatoms. The number of carboxylic acid groups (broad SMARTS) is 1. The second-order valence-corrected chi connectivity index (χ2v) is 4.43. The smallest absolute Gasteiger partial charge is 0.320 e. The van der Waals surface area contributed by atoms with Gasteiger partial charge in [-0.2, -0.15) is 0 Å². The van der Waals surface area contributed by atoms with Crippen molar-refractivity contribution in [1.29, 1.82) is 0 Å². The van der Waals surface area contributed by atoms with E-state index in [4.69, 9.17) is 9.52 Å². The summed E-state index contributed by atoms with van der Waals surface area (Å²) in [6, 6.07) is 7.32. The Morgan fingerprint density at radius 2 is 2.17 bits per heavy atom. The molecular formula is C14H17NO3. The quantitative estimate of drug-likeness (QED) is 0.882. The van der Waals surface area contributed by atoms with Crippen molar-refractivity contribution in [1.82, 2.24) is 4.90 Å². The minimum absolute atomic E-state index is 0.460. The van der Waals surface area contributed by atoms with Gasteiger partial charge in [-0.05, 0) is 19.5 Å². The number of carboxylic acids is 1. The average Bonchev–Trinajstić information content (AvgIpc) is 2.73. The summed E-state index contributed by atoms with van der Waals surface area (Å²) in [5.74, 6) is -0.784. The standard InChI is InChI=1S/C14H17NO3/c1-3-12(14(16)17)15(2)8-10-9-18-13-7-5-4-6-11(10)13/h4-7,9,12H,3,8H2,1-2H3,(H,16,17). The Hall–Kier alpha value is -1.81. The fraction of sp³-hybridized carbons (Fsp3) is 0.357. The van der Waals surface area contributed by atoms with Crippen LogP contribution in [0.1, 0.15) is 18.9 Å². The van der Waals surface area contributed by atoms with Gasteiger partial charge in [0.15, 0.2) is 0 Å². The molecule has 1 unspecified atom stereocenters. The summed E-state index contributed by atoms with van der Waals surface area (Å²) in [5.41, 5.74) is 1.86. The van der Waals surface area contributed by atoms with Gasteiger partial charge in [0.05, 0.1) is 6.26 Å². The summed E-state index contributed by atoms with van der Waals surface area (Å²) in [6.45, 7) is 2.45. The molecule has 2 rings (SSSR count). The highest BCUT2D eigenvalue weighted by Crippen LogP contribution is 2.22. The number of nitrogens with zero attached hydrogens (tertiary/aromatic N) is 1. The minimum atomic E-state index is -0.784. The van der Waals surface area contributed by atoms with Gasteiger partial charge >= 0.3 is 5.97 Å². The summed E-state index contributed by atoms with van der Waals surface area (Å²) in [5, 5.41) is 10.2. The first-order valence-electron chi connectivity index (χ1n) is 6.01. The number of carbonyl (C=O) groups is 1. The van der Waals surface area contributed by atoms with E-state index in [0.717, 1.165) is 16.5 Å². The predicted octanol–water partition coefficient (Wildman–Crippen LogP) is 2.73. The molecule has 0 saturated carbocycles. The second kappa shape index (κ2) is 5.23. The van der Waals surface area contributed by atoms with E-state index in [9.17, 15) is 4.79 Å². The van der Waals surface area contributed by atoms with Gasteiger partial charge in [0, 0.05) is 17.5 Å². The molecule has 1 atom stereocenters. The molecule has 1 heterocycles. The van der Waals surface area contributed by atoms with Crippen LogP contribution in [0.2, 0.25) is 0 Å². The van der Waals surface area contributed by atoms with Crippen molar-refractivity contribution in [3.63, 3.8) is 0 Å². The monoisotopic (exact) mass is 247 g/mol. The third-order valence-electron chi connectivity index (χ3n) is 3.18. The first kappa shape index (κ1) is 12.6. The van der Waals surface area contributed by atoms with E-state index in [2.05, 4.69) is 0 Å². The van der Waals surface area contributed by atoms with Crippen LogP contribution in [0.25, 0.3) is 11.0 Å². The zero-order chi connectivity index (χ0) is 13.1. The van der Waals surface area contributed by atoms with E-state index >= 15 is 0 Å². The van der Waals surface area contributed by atoms with E-state index < -0.39 is 12.0 Å². The van der Waals surface area contributed by atoms with E-state index in [0.29, 0.717) is 13.0 Å². The van der Waals surface area contributed by atoms with E-state index in [1.54, 1.807) is 6.26 Å². The number of likely N-dealkylation sites (N-methyl/N-ethyl adjacent to an activating group) is 1. The average molecular weight is 247 g/mol. The number of rotatable bonds is 5. The third-order valence-corrected chi connectivity index (χ3v) is 3.18. The molecule has 0 aliphatic carbocycles. The van der Waals surface area contributed by atoms with Crippen LogP contribution in [0.4, 0.5) is 0 Å². The summed E-state index contributed by atoms with van der Waals surface area (Å²) in [4.78, 5) is 12.9. The Labute approximate surface area is 106 Å².